The lowest BCUT2D eigenvalue weighted by molar-refractivity contribution is -0.353. The van der Waals surface area contributed by atoms with E-state index in [0.29, 0.717) is 5.56 Å². The largest absolute Gasteiger partial charge is 0.382 e. The highest BCUT2D eigenvalue weighted by Crippen LogP contribution is 2.43. The molecule has 1 fully saturated rings. The Hall–Kier alpha value is -2.01. The number of carbonyl (C=O) groups is 3. The van der Waals surface area contributed by atoms with Gasteiger partial charge in [0.05, 0.1) is 6.61 Å². The van der Waals surface area contributed by atoms with Crippen molar-refractivity contribution >= 4 is 17.3 Å². The van der Waals surface area contributed by atoms with Gasteiger partial charge >= 0.3 is 0 Å². The second-order valence-electron chi connectivity index (χ2n) is 7.08. The maximum Gasteiger partial charge on any atom is 0.192 e. The van der Waals surface area contributed by atoms with Crippen LogP contribution in [0.1, 0.15) is 26.3 Å². The quantitative estimate of drug-likeness (QED) is 0.519. The molecule has 0 bridgehead atoms. The van der Waals surface area contributed by atoms with Gasteiger partial charge in [0.25, 0.3) is 0 Å². The Labute approximate surface area is 168 Å². The average Bonchev–Trinajstić information content (AvgIpc) is 2.68. The summed E-state index contributed by atoms with van der Waals surface area (Å²) in [6.45, 7) is 2.79. The molecule has 160 valence electrons. The number of hydrogen-bond acceptors (Lipinski definition) is 9. The van der Waals surface area contributed by atoms with Gasteiger partial charge in [0.15, 0.2) is 34.8 Å². The van der Waals surface area contributed by atoms with Gasteiger partial charge in [0.2, 0.25) is 0 Å². The number of hydrogen-bond donors (Lipinski definition) is 3. The summed E-state index contributed by atoms with van der Waals surface area (Å²) in [4.78, 5) is 36.7. The fraction of sp³-hybridized carbons (Fsp3) is 0.550. The fourth-order valence-electron chi connectivity index (χ4n) is 3.54. The Morgan fingerprint density at radius 3 is 2.07 bits per heavy atom. The molecule has 2 rings (SSSR count). The van der Waals surface area contributed by atoms with Crippen LogP contribution >= 0.6 is 0 Å². The molecule has 0 radical (unpaired) electrons. The highest BCUT2D eigenvalue weighted by Gasteiger charge is 2.72. The molecular weight excluding hydrogens is 384 g/mol. The van der Waals surface area contributed by atoms with Crippen LogP contribution in [0.15, 0.2) is 30.3 Å². The first-order valence-electron chi connectivity index (χ1n) is 9.00. The Kier molecular flexibility index (Phi) is 7.05. The minimum absolute atomic E-state index is 0.0990. The molecule has 1 aromatic rings. The molecule has 0 aromatic heterocycles. The van der Waals surface area contributed by atoms with Crippen molar-refractivity contribution in [3.63, 3.8) is 0 Å². The van der Waals surface area contributed by atoms with Crippen molar-refractivity contribution in [3.05, 3.63) is 35.9 Å². The lowest BCUT2D eigenvalue weighted by atomic mass is 9.66. The molecule has 1 saturated heterocycles. The van der Waals surface area contributed by atoms with Crippen LogP contribution in [0, 0.1) is 0 Å². The van der Waals surface area contributed by atoms with E-state index in [0.717, 1.165) is 20.8 Å². The third-order valence-electron chi connectivity index (χ3n) is 5.21. The maximum atomic E-state index is 12.5. The zero-order valence-corrected chi connectivity index (χ0v) is 16.7. The van der Waals surface area contributed by atoms with Crippen LogP contribution in [0.3, 0.4) is 0 Å². The van der Waals surface area contributed by atoms with Gasteiger partial charge in [0.1, 0.15) is 18.3 Å². The molecule has 1 aromatic carbocycles. The first kappa shape index (κ1) is 23.3. The van der Waals surface area contributed by atoms with Crippen molar-refractivity contribution in [2.24, 2.45) is 0 Å². The third kappa shape index (κ3) is 3.89. The summed E-state index contributed by atoms with van der Waals surface area (Å²) in [5.74, 6) is -2.93. The molecule has 9 heteroatoms. The Bertz CT molecular complexity index is 764. The van der Waals surface area contributed by atoms with Crippen molar-refractivity contribution in [1.29, 1.82) is 0 Å². The van der Waals surface area contributed by atoms with Crippen LogP contribution in [0.4, 0.5) is 0 Å². The van der Waals surface area contributed by atoms with Crippen molar-refractivity contribution in [2.45, 2.75) is 63.2 Å². The van der Waals surface area contributed by atoms with Crippen molar-refractivity contribution in [2.75, 3.05) is 7.11 Å². The molecule has 29 heavy (non-hydrogen) atoms. The average molecular weight is 410 g/mol. The van der Waals surface area contributed by atoms with Gasteiger partial charge < -0.3 is 29.5 Å². The van der Waals surface area contributed by atoms with Crippen molar-refractivity contribution in [1.82, 2.24) is 0 Å². The van der Waals surface area contributed by atoms with E-state index >= 15 is 0 Å². The number of rotatable bonds is 8. The standard InChI is InChI=1S/C20H26O9/c1-11(21)15(24)16-19(25,12(2)22)20(26,13(3)23)17(18(27-4)29-16)28-10-14-8-6-5-7-9-14/h5-9,15-18,24-26H,10H2,1-4H3/t15?,16-,17+,18+,19-,20-/m1/s1. The van der Waals surface area contributed by atoms with E-state index in [2.05, 4.69) is 0 Å². The molecule has 0 aliphatic carbocycles. The molecule has 3 N–H and O–H groups in total. The Balaban J connectivity index is 2.56. The minimum atomic E-state index is -2.96. The zero-order valence-electron chi connectivity index (χ0n) is 16.7. The van der Waals surface area contributed by atoms with E-state index in [1.54, 1.807) is 30.3 Å². The number of methoxy groups -OCH3 is 1. The molecule has 1 heterocycles. The van der Waals surface area contributed by atoms with Gasteiger partial charge in [-0.05, 0) is 26.3 Å². The van der Waals surface area contributed by atoms with Crippen LogP contribution < -0.4 is 0 Å². The van der Waals surface area contributed by atoms with Crippen molar-refractivity contribution in [3.8, 4) is 0 Å². The van der Waals surface area contributed by atoms with Crippen molar-refractivity contribution < 1.29 is 43.9 Å². The van der Waals surface area contributed by atoms with Crippen LogP contribution in [-0.4, -0.2) is 75.6 Å². The van der Waals surface area contributed by atoms with Gasteiger partial charge in [-0.25, -0.2) is 0 Å². The summed E-state index contributed by atoms with van der Waals surface area (Å²) in [6.07, 6.45) is -7.05. The van der Waals surface area contributed by atoms with E-state index in [-0.39, 0.29) is 6.61 Å². The monoisotopic (exact) mass is 410 g/mol. The van der Waals surface area contributed by atoms with Gasteiger partial charge in [-0.15, -0.1) is 0 Å². The number of Topliss-reactive ketones (excluding diaryl/α,β-unsaturated/α-hetero) is 3. The summed E-state index contributed by atoms with van der Waals surface area (Å²) < 4.78 is 16.3. The molecule has 0 spiro atoms. The van der Waals surface area contributed by atoms with Crippen LogP contribution in [0.5, 0.6) is 0 Å². The van der Waals surface area contributed by atoms with Crippen LogP contribution in [0.2, 0.25) is 0 Å². The SMILES string of the molecule is CO[C@H]1O[C@H](C(O)C(C)=O)[C@](O)(C(C)=O)[C@@](O)(C(C)=O)[C@H]1OCc1ccccc1. The Morgan fingerprint density at radius 2 is 1.62 bits per heavy atom. The first-order valence-corrected chi connectivity index (χ1v) is 9.00. The summed E-state index contributed by atoms with van der Waals surface area (Å²) >= 11 is 0. The predicted octanol–water partition coefficient (Wildman–Crippen LogP) is -0.467. The van der Waals surface area contributed by atoms with Crippen LogP contribution in [-0.2, 0) is 35.2 Å². The summed E-state index contributed by atoms with van der Waals surface area (Å²) in [5, 5.41) is 32.8. The van der Waals surface area contributed by atoms with Gasteiger partial charge in [-0.1, -0.05) is 30.3 Å². The number of aliphatic hydroxyl groups is 3. The highest BCUT2D eigenvalue weighted by molar-refractivity contribution is 5.99. The number of ketones is 3. The van der Waals surface area contributed by atoms with Gasteiger partial charge in [-0.2, -0.15) is 0 Å². The molecule has 0 amide bonds. The molecular formula is C20H26O9. The molecule has 1 aliphatic heterocycles. The molecule has 9 nitrogen and oxygen atoms in total. The van der Waals surface area contributed by atoms with Gasteiger partial charge in [0, 0.05) is 7.11 Å². The van der Waals surface area contributed by atoms with E-state index in [1.807, 2.05) is 0 Å². The number of ether oxygens (including phenoxy) is 3. The number of benzene rings is 1. The number of aliphatic hydroxyl groups excluding tert-OH is 1. The molecule has 1 unspecified atom stereocenters. The van der Waals surface area contributed by atoms with E-state index in [1.165, 1.54) is 7.11 Å². The third-order valence-corrected chi connectivity index (χ3v) is 5.21. The fourth-order valence-corrected chi connectivity index (χ4v) is 3.54. The normalized spacial score (nSPS) is 33.1. The molecule has 0 saturated carbocycles. The highest BCUT2D eigenvalue weighted by atomic mass is 16.7. The maximum absolute atomic E-state index is 12.5. The summed E-state index contributed by atoms with van der Waals surface area (Å²) in [5.41, 5.74) is -5.13. The Morgan fingerprint density at radius 1 is 1.07 bits per heavy atom. The lowest BCUT2D eigenvalue weighted by Crippen LogP contribution is -2.81. The topological polar surface area (TPSA) is 140 Å². The first-order chi connectivity index (χ1) is 13.5. The van der Waals surface area contributed by atoms with Gasteiger partial charge in [-0.3, -0.25) is 14.4 Å². The second kappa shape index (κ2) is 8.78. The van der Waals surface area contributed by atoms with Crippen LogP contribution in [0.25, 0.3) is 0 Å². The minimum Gasteiger partial charge on any atom is -0.382 e. The number of carbonyl (C=O) groups excluding carboxylic acids is 3. The molecule has 1 aliphatic rings. The summed E-state index contributed by atoms with van der Waals surface area (Å²) in [7, 11) is 1.19. The molecule has 6 atom stereocenters. The smallest absolute Gasteiger partial charge is 0.192 e. The summed E-state index contributed by atoms with van der Waals surface area (Å²) in [6, 6.07) is 8.77. The van der Waals surface area contributed by atoms with E-state index < -0.39 is 53.2 Å². The lowest BCUT2D eigenvalue weighted by Gasteiger charge is -2.54. The van der Waals surface area contributed by atoms with E-state index in [4.69, 9.17) is 14.2 Å². The predicted molar refractivity (Wildman–Crippen MR) is 98.6 cm³/mol. The zero-order chi connectivity index (χ0) is 22.0. The van der Waals surface area contributed by atoms with E-state index in [9.17, 15) is 29.7 Å². The second-order valence-corrected chi connectivity index (χ2v) is 7.08.